The van der Waals surface area contributed by atoms with Gasteiger partial charge in [-0.25, -0.2) is 4.98 Å². The molecule has 136 valence electrons. The zero-order valence-corrected chi connectivity index (χ0v) is 15.3. The summed E-state index contributed by atoms with van der Waals surface area (Å²) in [6, 6.07) is 18.8. The lowest BCUT2D eigenvalue weighted by Gasteiger charge is -2.11. The molecule has 5 nitrogen and oxygen atoms in total. The number of imidazole rings is 1. The number of aromatic hydroxyl groups is 1. The quantitative estimate of drug-likeness (QED) is 0.480. The number of nitrogens with one attached hydrogen (secondary N) is 1. The molecule has 4 rings (SSSR count). The van der Waals surface area contributed by atoms with Crippen molar-refractivity contribution < 1.29 is 5.11 Å². The highest BCUT2D eigenvalue weighted by Crippen LogP contribution is 2.34. The molecule has 27 heavy (non-hydrogen) atoms. The second-order valence-corrected chi connectivity index (χ2v) is 6.72. The van der Waals surface area contributed by atoms with Crippen LogP contribution in [0.25, 0.3) is 16.9 Å². The zero-order chi connectivity index (χ0) is 18.8. The van der Waals surface area contributed by atoms with E-state index in [2.05, 4.69) is 5.32 Å². The van der Waals surface area contributed by atoms with Gasteiger partial charge < -0.3 is 16.2 Å². The number of halogens is 1. The van der Waals surface area contributed by atoms with E-state index < -0.39 is 0 Å². The van der Waals surface area contributed by atoms with Crippen molar-refractivity contribution in [3.05, 3.63) is 83.0 Å². The van der Waals surface area contributed by atoms with Crippen molar-refractivity contribution in [1.82, 2.24) is 9.38 Å². The van der Waals surface area contributed by atoms with Crippen molar-refractivity contribution in [2.75, 3.05) is 5.32 Å². The summed E-state index contributed by atoms with van der Waals surface area (Å²) in [5, 5.41) is 14.5. The summed E-state index contributed by atoms with van der Waals surface area (Å²) < 4.78 is 1.97. The summed E-state index contributed by atoms with van der Waals surface area (Å²) in [4.78, 5) is 4.72. The number of para-hydroxylation sites is 1. The average Bonchev–Trinajstić information content (AvgIpc) is 3.04. The van der Waals surface area contributed by atoms with Crippen LogP contribution in [-0.2, 0) is 13.1 Å². The molecule has 0 amide bonds. The lowest BCUT2D eigenvalue weighted by Crippen LogP contribution is -2.05. The third-order valence-corrected chi connectivity index (χ3v) is 4.66. The molecule has 0 unspecified atom stereocenters. The SMILES string of the molecule is NCc1ccc2nc(-c3ccccc3O)c(NCc3cccc(Cl)c3)n2c1. The van der Waals surface area contributed by atoms with Crippen LogP contribution in [0.2, 0.25) is 5.02 Å². The normalized spacial score (nSPS) is 11.0. The molecule has 0 aliphatic rings. The third kappa shape index (κ3) is 3.47. The van der Waals surface area contributed by atoms with Gasteiger partial charge in [0.2, 0.25) is 0 Å². The van der Waals surface area contributed by atoms with Gasteiger partial charge >= 0.3 is 0 Å². The number of phenolic OH excluding ortho intramolecular Hbond substituents is 1. The Morgan fingerprint density at radius 2 is 1.89 bits per heavy atom. The van der Waals surface area contributed by atoms with Crippen LogP contribution in [-0.4, -0.2) is 14.5 Å². The fourth-order valence-corrected chi connectivity index (χ4v) is 3.29. The Bertz CT molecular complexity index is 1110. The Kier molecular flexibility index (Phi) is 4.71. The van der Waals surface area contributed by atoms with Crippen molar-refractivity contribution in [2.24, 2.45) is 5.73 Å². The number of nitrogens with zero attached hydrogens (tertiary/aromatic N) is 2. The number of hydrogen-bond donors (Lipinski definition) is 3. The molecule has 0 saturated carbocycles. The van der Waals surface area contributed by atoms with Gasteiger partial charge in [0.25, 0.3) is 0 Å². The number of anilines is 1. The Balaban J connectivity index is 1.82. The predicted octanol–water partition coefficient (Wildman–Crippen LogP) is 4.43. The summed E-state index contributed by atoms with van der Waals surface area (Å²) in [7, 11) is 0. The molecule has 0 saturated heterocycles. The molecule has 0 spiro atoms. The van der Waals surface area contributed by atoms with Gasteiger partial charge in [-0.05, 0) is 41.5 Å². The molecule has 0 atom stereocenters. The van der Waals surface area contributed by atoms with Crippen LogP contribution < -0.4 is 11.1 Å². The first-order valence-electron chi connectivity index (χ1n) is 8.63. The molecule has 2 aromatic carbocycles. The number of hydrogen-bond acceptors (Lipinski definition) is 4. The predicted molar refractivity (Wildman–Crippen MR) is 109 cm³/mol. The number of aromatic nitrogens is 2. The average molecular weight is 379 g/mol. The molecular weight excluding hydrogens is 360 g/mol. The maximum Gasteiger partial charge on any atom is 0.139 e. The maximum absolute atomic E-state index is 10.3. The van der Waals surface area contributed by atoms with Gasteiger partial charge in [0.05, 0.1) is 0 Å². The monoisotopic (exact) mass is 378 g/mol. The molecular formula is C21H19ClN4O. The minimum Gasteiger partial charge on any atom is -0.507 e. The van der Waals surface area contributed by atoms with E-state index in [1.807, 2.05) is 59.1 Å². The van der Waals surface area contributed by atoms with Crippen LogP contribution in [0.1, 0.15) is 11.1 Å². The van der Waals surface area contributed by atoms with Gasteiger partial charge in [0.15, 0.2) is 0 Å². The highest BCUT2D eigenvalue weighted by Gasteiger charge is 2.17. The van der Waals surface area contributed by atoms with Crippen LogP contribution in [0.5, 0.6) is 5.75 Å². The summed E-state index contributed by atoms with van der Waals surface area (Å²) in [6.45, 7) is 1.01. The molecule has 4 aromatic rings. The molecule has 0 aliphatic heterocycles. The molecule has 2 heterocycles. The number of benzene rings is 2. The van der Waals surface area contributed by atoms with E-state index in [1.54, 1.807) is 12.1 Å². The minimum absolute atomic E-state index is 0.186. The molecule has 4 N–H and O–H groups in total. The van der Waals surface area contributed by atoms with Gasteiger partial charge in [0, 0.05) is 29.9 Å². The molecule has 0 bridgehead atoms. The van der Waals surface area contributed by atoms with E-state index in [0.717, 1.165) is 22.6 Å². The second-order valence-electron chi connectivity index (χ2n) is 6.28. The highest BCUT2D eigenvalue weighted by molar-refractivity contribution is 6.30. The van der Waals surface area contributed by atoms with Gasteiger partial charge in [-0.3, -0.25) is 4.40 Å². The van der Waals surface area contributed by atoms with Crippen LogP contribution >= 0.6 is 11.6 Å². The van der Waals surface area contributed by atoms with Gasteiger partial charge in [-0.1, -0.05) is 41.9 Å². The molecule has 2 aromatic heterocycles. The standard InChI is InChI=1S/C21H19ClN4O/c22-16-5-3-4-14(10-16)12-24-21-20(17-6-1-2-7-18(17)27)25-19-9-8-15(11-23)13-26(19)21/h1-10,13,24,27H,11-12,23H2. The van der Waals surface area contributed by atoms with Crippen LogP contribution in [0.4, 0.5) is 5.82 Å². The number of pyridine rings is 1. The first kappa shape index (κ1) is 17.4. The molecule has 0 fully saturated rings. The van der Waals surface area contributed by atoms with Crippen molar-refractivity contribution in [3.63, 3.8) is 0 Å². The maximum atomic E-state index is 10.3. The topological polar surface area (TPSA) is 75.6 Å². The van der Waals surface area contributed by atoms with E-state index in [4.69, 9.17) is 22.3 Å². The Morgan fingerprint density at radius 3 is 2.67 bits per heavy atom. The van der Waals surface area contributed by atoms with Gasteiger partial charge in [-0.2, -0.15) is 0 Å². The van der Waals surface area contributed by atoms with E-state index in [-0.39, 0.29) is 5.75 Å². The van der Waals surface area contributed by atoms with E-state index >= 15 is 0 Å². The van der Waals surface area contributed by atoms with Crippen LogP contribution in [0.3, 0.4) is 0 Å². The van der Waals surface area contributed by atoms with Crippen LogP contribution in [0, 0.1) is 0 Å². The first-order valence-corrected chi connectivity index (χ1v) is 9.01. The summed E-state index contributed by atoms with van der Waals surface area (Å²) in [5.74, 6) is 0.979. The third-order valence-electron chi connectivity index (χ3n) is 4.42. The number of fused-ring (bicyclic) bond motifs is 1. The highest BCUT2D eigenvalue weighted by atomic mass is 35.5. The largest absolute Gasteiger partial charge is 0.507 e. The van der Waals surface area contributed by atoms with Gasteiger partial charge in [-0.15, -0.1) is 0 Å². The second kappa shape index (κ2) is 7.31. The minimum atomic E-state index is 0.186. The van der Waals surface area contributed by atoms with E-state index in [0.29, 0.717) is 29.4 Å². The van der Waals surface area contributed by atoms with Gasteiger partial charge in [0.1, 0.15) is 22.9 Å². The van der Waals surface area contributed by atoms with E-state index in [1.165, 1.54) is 0 Å². The first-order chi connectivity index (χ1) is 13.2. The van der Waals surface area contributed by atoms with Crippen molar-refractivity contribution in [1.29, 1.82) is 0 Å². The summed E-state index contributed by atoms with van der Waals surface area (Å²) >= 11 is 6.10. The fraction of sp³-hybridized carbons (Fsp3) is 0.0952. The van der Waals surface area contributed by atoms with Crippen molar-refractivity contribution in [2.45, 2.75) is 13.1 Å². The fourth-order valence-electron chi connectivity index (χ4n) is 3.07. The zero-order valence-electron chi connectivity index (χ0n) is 14.6. The summed E-state index contributed by atoms with van der Waals surface area (Å²) in [5.41, 5.74) is 9.98. The molecule has 0 aliphatic carbocycles. The summed E-state index contributed by atoms with van der Waals surface area (Å²) in [6.07, 6.45) is 1.96. The van der Waals surface area contributed by atoms with Crippen LogP contribution in [0.15, 0.2) is 66.9 Å². The molecule has 0 radical (unpaired) electrons. The van der Waals surface area contributed by atoms with Crippen molar-refractivity contribution >= 4 is 23.1 Å². The Labute approximate surface area is 162 Å². The molecule has 6 heteroatoms. The number of phenols is 1. The number of rotatable bonds is 5. The van der Waals surface area contributed by atoms with E-state index in [9.17, 15) is 5.11 Å². The Morgan fingerprint density at radius 1 is 1.04 bits per heavy atom. The Hall–Kier alpha value is -3.02. The smallest absolute Gasteiger partial charge is 0.139 e. The van der Waals surface area contributed by atoms with Crippen molar-refractivity contribution in [3.8, 4) is 17.0 Å². The lowest BCUT2D eigenvalue weighted by atomic mass is 10.1. The lowest BCUT2D eigenvalue weighted by molar-refractivity contribution is 0.477. The number of nitrogens with two attached hydrogens (primary N) is 1.